The summed E-state index contributed by atoms with van der Waals surface area (Å²) in [5.41, 5.74) is 1.40. The van der Waals surface area contributed by atoms with E-state index in [-0.39, 0.29) is 24.2 Å². The molecule has 0 aliphatic rings. The minimum atomic E-state index is -0.897. The third kappa shape index (κ3) is 3.78. The van der Waals surface area contributed by atoms with Gasteiger partial charge in [-0.25, -0.2) is 4.39 Å². The van der Waals surface area contributed by atoms with E-state index < -0.39 is 5.97 Å². The lowest BCUT2D eigenvalue weighted by molar-refractivity contribution is -0.137. The van der Waals surface area contributed by atoms with E-state index in [0.29, 0.717) is 28.6 Å². The summed E-state index contributed by atoms with van der Waals surface area (Å²) in [5.74, 6) is -1.58. The Morgan fingerprint density at radius 3 is 2.77 bits per heavy atom. The zero-order valence-electron chi connectivity index (χ0n) is 12.4. The van der Waals surface area contributed by atoms with Gasteiger partial charge in [-0.1, -0.05) is 0 Å². The molecule has 1 heterocycles. The lowest BCUT2D eigenvalue weighted by Gasteiger charge is -2.14. The van der Waals surface area contributed by atoms with Crippen molar-refractivity contribution in [2.45, 2.75) is 32.7 Å². The van der Waals surface area contributed by atoms with E-state index in [1.54, 1.807) is 26.0 Å². The number of carboxylic acid groups (broad SMARTS) is 1. The second-order valence-electron chi connectivity index (χ2n) is 5.27. The number of nitrogens with one attached hydrogen (secondary N) is 1. The molecule has 6 heteroatoms. The van der Waals surface area contributed by atoms with Crippen LogP contribution in [0.5, 0.6) is 0 Å². The molecule has 5 nitrogen and oxygen atoms in total. The minimum Gasteiger partial charge on any atom is -0.481 e. The van der Waals surface area contributed by atoms with Gasteiger partial charge in [0.1, 0.15) is 5.82 Å². The molecule has 2 rings (SSSR count). The number of aryl methyl sites for hydroxylation is 1. The molecule has 1 atom stereocenters. The minimum absolute atomic E-state index is 0.00429. The maximum absolute atomic E-state index is 13.2. The Bertz CT molecular complexity index is 731. The van der Waals surface area contributed by atoms with Crippen molar-refractivity contribution in [3.63, 3.8) is 0 Å². The molecule has 1 amide bonds. The number of amides is 1. The number of aromatic nitrogens is 1. The normalized spacial score (nSPS) is 12.1. The third-order valence-corrected chi connectivity index (χ3v) is 3.38. The quantitative estimate of drug-likeness (QED) is 0.890. The second-order valence-corrected chi connectivity index (χ2v) is 5.27. The van der Waals surface area contributed by atoms with Crippen LogP contribution < -0.4 is 5.32 Å². The zero-order chi connectivity index (χ0) is 16.3. The number of aliphatic carboxylic acids is 1. The van der Waals surface area contributed by atoms with Gasteiger partial charge in [-0.3, -0.25) is 14.6 Å². The van der Waals surface area contributed by atoms with Gasteiger partial charge in [-0.15, -0.1) is 0 Å². The fourth-order valence-electron chi connectivity index (χ4n) is 2.18. The molecule has 0 radical (unpaired) electrons. The van der Waals surface area contributed by atoms with Crippen molar-refractivity contribution in [2.75, 3.05) is 0 Å². The van der Waals surface area contributed by atoms with E-state index in [9.17, 15) is 14.0 Å². The van der Waals surface area contributed by atoms with E-state index in [0.717, 1.165) is 0 Å². The summed E-state index contributed by atoms with van der Waals surface area (Å²) >= 11 is 0. The van der Waals surface area contributed by atoms with Gasteiger partial charge in [-0.2, -0.15) is 0 Å². The zero-order valence-corrected chi connectivity index (χ0v) is 12.4. The number of halogens is 1. The monoisotopic (exact) mass is 304 g/mol. The molecule has 0 bridgehead atoms. The highest BCUT2D eigenvalue weighted by Gasteiger charge is 2.15. The molecule has 1 aromatic carbocycles. The molecule has 0 aliphatic carbocycles. The first kappa shape index (κ1) is 15.9. The van der Waals surface area contributed by atoms with Crippen molar-refractivity contribution in [1.82, 2.24) is 10.3 Å². The van der Waals surface area contributed by atoms with Gasteiger partial charge < -0.3 is 10.4 Å². The standard InChI is InChI=1S/C16H17FN2O3/c1-9(3-6-15(20)21)18-16(22)13-7-11-4-5-12(17)8-14(11)19-10(13)2/h4-5,7-9H,3,6H2,1-2H3,(H,18,22)(H,20,21). The van der Waals surface area contributed by atoms with Crippen LogP contribution in [0, 0.1) is 12.7 Å². The smallest absolute Gasteiger partial charge is 0.303 e. The predicted octanol–water partition coefficient (Wildman–Crippen LogP) is 2.67. The van der Waals surface area contributed by atoms with Gasteiger partial charge in [0, 0.05) is 23.9 Å². The SMILES string of the molecule is Cc1nc2cc(F)ccc2cc1C(=O)NC(C)CCC(=O)O. The van der Waals surface area contributed by atoms with E-state index in [1.165, 1.54) is 12.1 Å². The van der Waals surface area contributed by atoms with Crippen molar-refractivity contribution in [2.24, 2.45) is 0 Å². The highest BCUT2D eigenvalue weighted by Crippen LogP contribution is 2.18. The Labute approximate surface area is 127 Å². The van der Waals surface area contributed by atoms with Crippen LogP contribution in [0.2, 0.25) is 0 Å². The number of fused-ring (bicyclic) bond motifs is 1. The number of rotatable bonds is 5. The molecule has 0 spiro atoms. The van der Waals surface area contributed by atoms with Crippen LogP contribution in [0.1, 0.15) is 35.8 Å². The average molecular weight is 304 g/mol. The van der Waals surface area contributed by atoms with Crippen LogP contribution in [0.3, 0.4) is 0 Å². The number of carboxylic acids is 1. The summed E-state index contributed by atoms with van der Waals surface area (Å²) in [6.07, 6.45) is 0.349. The highest BCUT2D eigenvalue weighted by molar-refractivity contribution is 5.98. The Balaban J connectivity index is 2.19. The number of nitrogens with zero attached hydrogens (tertiary/aromatic N) is 1. The fourth-order valence-corrected chi connectivity index (χ4v) is 2.18. The van der Waals surface area contributed by atoms with E-state index >= 15 is 0 Å². The molecule has 0 saturated carbocycles. The summed E-state index contributed by atoms with van der Waals surface area (Å²) < 4.78 is 13.2. The number of carbonyl (C=O) groups excluding carboxylic acids is 1. The molecule has 116 valence electrons. The molecule has 0 saturated heterocycles. The van der Waals surface area contributed by atoms with Gasteiger partial charge in [-0.05, 0) is 38.5 Å². The number of hydrogen-bond donors (Lipinski definition) is 2. The Hall–Kier alpha value is -2.50. The van der Waals surface area contributed by atoms with Gasteiger partial charge in [0.05, 0.1) is 16.8 Å². The molecular formula is C16H17FN2O3. The van der Waals surface area contributed by atoms with Crippen LogP contribution in [0.15, 0.2) is 24.3 Å². The van der Waals surface area contributed by atoms with Crippen molar-refractivity contribution < 1.29 is 19.1 Å². The number of benzene rings is 1. The first-order chi connectivity index (χ1) is 10.4. The lowest BCUT2D eigenvalue weighted by atomic mass is 10.1. The van der Waals surface area contributed by atoms with Crippen LogP contribution in [-0.4, -0.2) is 28.0 Å². The number of hydrogen-bond acceptors (Lipinski definition) is 3. The number of carbonyl (C=O) groups is 2. The van der Waals surface area contributed by atoms with E-state index in [2.05, 4.69) is 10.3 Å². The maximum Gasteiger partial charge on any atom is 0.303 e. The molecule has 22 heavy (non-hydrogen) atoms. The molecule has 1 unspecified atom stereocenters. The summed E-state index contributed by atoms with van der Waals surface area (Å²) in [7, 11) is 0. The lowest BCUT2D eigenvalue weighted by Crippen LogP contribution is -2.33. The van der Waals surface area contributed by atoms with E-state index in [1.807, 2.05) is 0 Å². The van der Waals surface area contributed by atoms with Crippen LogP contribution in [0.25, 0.3) is 10.9 Å². The van der Waals surface area contributed by atoms with Gasteiger partial charge in [0.15, 0.2) is 0 Å². The van der Waals surface area contributed by atoms with Crippen LogP contribution >= 0.6 is 0 Å². The van der Waals surface area contributed by atoms with Gasteiger partial charge in [0.25, 0.3) is 5.91 Å². The average Bonchev–Trinajstić information content (AvgIpc) is 2.44. The molecular weight excluding hydrogens is 287 g/mol. The van der Waals surface area contributed by atoms with Gasteiger partial charge in [0.2, 0.25) is 0 Å². The summed E-state index contributed by atoms with van der Waals surface area (Å²) in [6, 6.07) is 5.61. The van der Waals surface area contributed by atoms with Crippen molar-refractivity contribution in [1.29, 1.82) is 0 Å². The largest absolute Gasteiger partial charge is 0.481 e. The van der Waals surface area contributed by atoms with Crippen LogP contribution in [0.4, 0.5) is 4.39 Å². The molecule has 2 N–H and O–H groups in total. The summed E-state index contributed by atoms with van der Waals surface area (Å²) in [5, 5.41) is 12.1. The van der Waals surface area contributed by atoms with E-state index in [4.69, 9.17) is 5.11 Å². The predicted molar refractivity (Wildman–Crippen MR) is 80.2 cm³/mol. The summed E-state index contributed by atoms with van der Waals surface area (Å²) in [4.78, 5) is 27.0. The van der Waals surface area contributed by atoms with Gasteiger partial charge >= 0.3 is 5.97 Å². The van der Waals surface area contributed by atoms with Crippen molar-refractivity contribution in [3.8, 4) is 0 Å². The number of pyridine rings is 1. The first-order valence-electron chi connectivity index (χ1n) is 6.96. The van der Waals surface area contributed by atoms with Crippen LogP contribution in [-0.2, 0) is 4.79 Å². The van der Waals surface area contributed by atoms with Crippen molar-refractivity contribution in [3.05, 3.63) is 41.3 Å². The fraction of sp³-hybridized carbons (Fsp3) is 0.312. The first-order valence-corrected chi connectivity index (χ1v) is 6.96. The molecule has 0 fully saturated rings. The molecule has 2 aromatic rings. The topological polar surface area (TPSA) is 79.3 Å². The Morgan fingerprint density at radius 2 is 2.09 bits per heavy atom. The molecule has 1 aromatic heterocycles. The maximum atomic E-state index is 13.2. The Kier molecular flexibility index (Phi) is 4.70. The highest BCUT2D eigenvalue weighted by atomic mass is 19.1. The molecule has 0 aliphatic heterocycles. The second kappa shape index (κ2) is 6.51. The summed E-state index contributed by atoms with van der Waals surface area (Å²) in [6.45, 7) is 3.43. The Morgan fingerprint density at radius 1 is 1.36 bits per heavy atom. The van der Waals surface area contributed by atoms with Crippen molar-refractivity contribution >= 4 is 22.8 Å². The third-order valence-electron chi connectivity index (χ3n) is 3.38.